The number of piperidine rings is 1. The van der Waals surface area contributed by atoms with Crippen molar-refractivity contribution < 1.29 is 9.53 Å². The molecule has 0 bridgehead atoms. The topological polar surface area (TPSA) is 53.6 Å². The molecule has 1 aromatic rings. The van der Waals surface area contributed by atoms with Crippen molar-refractivity contribution >= 4 is 11.7 Å². The lowest BCUT2D eigenvalue weighted by molar-refractivity contribution is 0.0909. The summed E-state index contributed by atoms with van der Waals surface area (Å²) < 4.78 is 5.22. The standard InChI is InChI=1S/C17H27N3O2/c1-13(14(2)22-3)18-17(21)19-15-9-11-20(12-10-15)16-7-5-4-6-8-16/h4-8,13-15H,9-12H2,1-3H3,(H2,18,19,21)/t13-,14-/m0/s1. The maximum absolute atomic E-state index is 12.0. The van der Waals surface area contributed by atoms with Gasteiger partial charge in [0.25, 0.3) is 0 Å². The number of hydrogen-bond donors (Lipinski definition) is 2. The number of ether oxygens (including phenoxy) is 1. The van der Waals surface area contributed by atoms with Crippen molar-refractivity contribution in [2.75, 3.05) is 25.1 Å². The zero-order valence-electron chi connectivity index (χ0n) is 13.7. The maximum atomic E-state index is 12.0. The van der Waals surface area contributed by atoms with E-state index in [0.717, 1.165) is 25.9 Å². The van der Waals surface area contributed by atoms with Crippen molar-refractivity contribution in [3.63, 3.8) is 0 Å². The van der Waals surface area contributed by atoms with Gasteiger partial charge in [0.1, 0.15) is 0 Å². The Bertz CT molecular complexity index is 458. The van der Waals surface area contributed by atoms with E-state index in [4.69, 9.17) is 4.74 Å². The van der Waals surface area contributed by atoms with Crippen LogP contribution in [0.1, 0.15) is 26.7 Å². The van der Waals surface area contributed by atoms with Crippen LogP contribution in [0.4, 0.5) is 10.5 Å². The van der Waals surface area contributed by atoms with Gasteiger partial charge in [0.05, 0.1) is 12.1 Å². The second kappa shape index (κ2) is 8.03. The highest BCUT2D eigenvalue weighted by Crippen LogP contribution is 2.19. The lowest BCUT2D eigenvalue weighted by atomic mass is 10.0. The molecule has 2 rings (SSSR count). The van der Waals surface area contributed by atoms with Gasteiger partial charge >= 0.3 is 6.03 Å². The van der Waals surface area contributed by atoms with Gasteiger partial charge in [-0.05, 0) is 38.8 Å². The molecule has 1 saturated heterocycles. The number of para-hydroxylation sites is 1. The normalized spacial score (nSPS) is 18.6. The first-order valence-corrected chi connectivity index (χ1v) is 8.00. The lowest BCUT2D eigenvalue weighted by Crippen LogP contribution is -2.51. The van der Waals surface area contributed by atoms with E-state index in [0.29, 0.717) is 0 Å². The highest BCUT2D eigenvalue weighted by atomic mass is 16.5. The zero-order chi connectivity index (χ0) is 15.9. The van der Waals surface area contributed by atoms with E-state index in [1.54, 1.807) is 7.11 Å². The van der Waals surface area contributed by atoms with E-state index in [1.807, 2.05) is 19.9 Å². The predicted octanol–water partition coefficient (Wildman–Crippen LogP) is 2.38. The summed E-state index contributed by atoms with van der Waals surface area (Å²) in [7, 11) is 1.65. The second-order valence-electron chi connectivity index (χ2n) is 5.94. The molecule has 2 N–H and O–H groups in total. The Morgan fingerprint density at radius 1 is 1.23 bits per heavy atom. The lowest BCUT2D eigenvalue weighted by Gasteiger charge is -2.34. The van der Waals surface area contributed by atoms with Crippen molar-refractivity contribution in [2.24, 2.45) is 0 Å². The Morgan fingerprint density at radius 2 is 1.86 bits per heavy atom. The first-order chi connectivity index (χ1) is 10.6. The molecule has 0 aromatic heterocycles. The van der Waals surface area contributed by atoms with E-state index in [1.165, 1.54) is 5.69 Å². The quantitative estimate of drug-likeness (QED) is 0.878. The van der Waals surface area contributed by atoms with Gasteiger partial charge in [0, 0.05) is 31.9 Å². The van der Waals surface area contributed by atoms with Crippen molar-refractivity contribution in [3.8, 4) is 0 Å². The number of nitrogens with one attached hydrogen (secondary N) is 2. The molecule has 1 fully saturated rings. The molecule has 1 aliphatic heterocycles. The summed E-state index contributed by atoms with van der Waals surface area (Å²) in [6.45, 7) is 5.84. The van der Waals surface area contributed by atoms with Gasteiger partial charge in [-0.3, -0.25) is 0 Å². The summed E-state index contributed by atoms with van der Waals surface area (Å²) in [6, 6.07) is 10.6. The Kier molecular flexibility index (Phi) is 6.07. The number of hydrogen-bond acceptors (Lipinski definition) is 3. The van der Waals surface area contributed by atoms with E-state index in [-0.39, 0.29) is 24.2 Å². The number of rotatable bonds is 5. The number of amides is 2. The molecular formula is C17H27N3O2. The molecule has 0 saturated carbocycles. The van der Waals surface area contributed by atoms with E-state index >= 15 is 0 Å². The third-order valence-electron chi connectivity index (χ3n) is 4.39. The molecule has 22 heavy (non-hydrogen) atoms. The second-order valence-corrected chi connectivity index (χ2v) is 5.94. The number of carbonyl (C=O) groups excluding carboxylic acids is 1. The Balaban J connectivity index is 1.74. The molecule has 5 heteroatoms. The van der Waals surface area contributed by atoms with E-state index in [2.05, 4.69) is 39.8 Å². The van der Waals surface area contributed by atoms with Crippen molar-refractivity contribution in [3.05, 3.63) is 30.3 Å². The first kappa shape index (κ1) is 16.6. The van der Waals surface area contributed by atoms with Crippen molar-refractivity contribution in [2.45, 2.75) is 44.9 Å². The van der Waals surface area contributed by atoms with Crippen molar-refractivity contribution in [1.29, 1.82) is 0 Å². The van der Waals surface area contributed by atoms with Crippen molar-refractivity contribution in [1.82, 2.24) is 10.6 Å². The zero-order valence-corrected chi connectivity index (χ0v) is 13.7. The van der Waals surface area contributed by atoms with Crippen LogP contribution in [0.15, 0.2) is 30.3 Å². The Morgan fingerprint density at radius 3 is 2.45 bits per heavy atom. The molecular weight excluding hydrogens is 278 g/mol. The van der Waals surface area contributed by atoms with Crippen LogP contribution in [0.25, 0.3) is 0 Å². The van der Waals surface area contributed by atoms with Crippen LogP contribution in [0.2, 0.25) is 0 Å². The van der Waals surface area contributed by atoms with E-state index in [9.17, 15) is 4.79 Å². The average Bonchev–Trinajstić information content (AvgIpc) is 2.55. The fourth-order valence-electron chi connectivity index (χ4n) is 2.68. The molecule has 122 valence electrons. The number of urea groups is 1. The van der Waals surface area contributed by atoms with Gasteiger partial charge in [0.15, 0.2) is 0 Å². The monoisotopic (exact) mass is 305 g/mol. The van der Waals surface area contributed by atoms with Crippen LogP contribution >= 0.6 is 0 Å². The van der Waals surface area contributed by atoms with Gasteiger partial charge in [-0.25, -0.2) is 4.79 Å². The Labute approximate surface area is 133 Å². The van der Waals surface area contributed by atoms with Crippen LogP contribution in [-0.2, 0) is 4.74 Å². The van der Waals surface area contributed by atoms with Gasteiger partial charge in [0.2, 0.25) is 0 Å². The number of carbonyl (C=O) groups is 1. The molecule has 1 heterocycles. The molecule has 0 spiro atoms. The molecule has 1 aliphatic rings. The Hall–Kier alpha value is -1.75. The number of anilines is 1. The van der Waals surface area contributed by atoms with Gasteiger partial charge in [-0.1, -0.05) is 18.2 Å². The largest absolute Gasteiger partial charge is 0.380 e. The molecule has 5 nitrogen and oxygen atoms in total. The highest BCUT2D eigenvalue weighted by Gasteiger charge is 2.22. The van der Waals surface area contributed by atoms with E-state index < -0.39 is 0 Å². The minimum Gasteiger partial charge on any atom is -0.380 e. The van der Waals surface area contributed by atoms with Gasteiger partial charge < -0.3 is 20.3 Å². The molecule has 1 aromatic carbocycles. The fourth-order valence-corrected chi connectivity index (χ4v) is 2.68. The maximum Gasteiger partial charge on any atom is 0.315 e. The summed E-state index contributed by atoms with van der Waals surface area (Å²) >= 11 is 0. The van der Waals surface area contributed by atoms with Crippen LogP contribution in [-0.4, -0.2) is 44.4 Å². The summed E-state index contributed by atoms with van der Waals surface area (Å²) in [5, 5.41) is 6.00. The third-order valence-corrected chi connectivity index (χ3v) is 4.39. The summed E-state index contributed by atoms with van der Waals surface area (Å²) in [5.74, 6) is 0. The summed E-state index contributed by atoms with van der Waals surface area (Å²) in [4.78, 5) is 14.4. The molecule has 0 aliphatic carbocycles. The van der Waals surface area contributed by atoms with Crippen LogP contribution < -0.4 is 15.5 Å². The van der Waals surface area contributed by atoms with Crippen LogP contribution in [0.5, 0.6) is 0 Å². The molecule has 2 amide bonds. The number of benzene rings is 1. The van der Waals surface area contributed by atoms with Crippen LogP contribution in [0, 0.1) is 0 Å². The molecule has 0 radical (unpaired) electrons. The molecule has 2 atom stereocenters. The fraction of sp³-hybridized carbons (Fsp3) is 0.588. The summed E-state index contributed by atoms with van der Waals surface area (Å²) in [6.07, 6.45) is 1.94. The SMILES string of the molecule is CO[C@@H](C)[C@H](C)NC(=O)NC1CCN(c2ccccc2)CC1. The highest BCUT2D eigenvalue weighted by molar-refractivity contribution is 5.74. The number of methoxy groups -OCH3 is 1. The minimum atomic E-state index is -0.102. The van der Waals surface area contributed by atoms with Crippen LogP contribution in [0.3, 0.4) is 0 Å². The summed E-state index contributed by atoms with van der Waals surface area (Å²) in [5.41, 5.74) is 1.26. The smallest absolute Gasteiger partial charge is 0.315 e. The average molecular weight is 305 g/mol. The van der Waals surface area contributed by atoms with Gasteiger partial charge in [-0.15, -0.1) is 0 Å². The number of nitrogens with zero attached hydrogens (tertiary/aromatic N) is 1. The third kappa shape index (κ3) is 4.63. The van der Waals surface area contributed by atoms with Gasteiger partial charge in [-0.2, -0.15) is 0 Å². The minimum absolute atomic E-state index is 0.00518. The first-order valence-electron chi connectivity index (χ1n) is 8.00. The predicted molar refractivity (Wildman–Crippen MR) is 89.3 cm³/mol. The molecule has 0 unspecified atom stereocenters.